The topological polar surface area (TPSA) is 81.7 Å². The highest BCUT2D eigenvalue weighted by molar-refractivity contribution is 4.95. The van der Waals surface area contributed by atoms with Crippen LogP contribution < -0.4 is 5.32 Å². The second-order valence-electron chi connectivity index (χ2n) is 4.30. The van der Waals surface area contributed by atoms with Gasteiger partial charge in [-0.1, -0.05) is 10.4 Å². The van der Waals surface area contributed by atoms with Gasteiger partial charge in [0, 0.05) is 12.6 Å². The third kappa shape index (κ3) is 2.68. The van der Waals surface area contributed by atoms with Crippen LogP contribution in [0, 0.1) is 6.92 Å². The van der Waals surface area contributed by atoms with Crippen molar-refractivity contribution >= 4 is 0 Å². The highest BCUT2D eigenvalue weighted by Gasteiger charge is 2.20. The molecule has 0 radical (unpaired) electrons. The first-order valence-electron chi connectivity index (χ1n) is 5.71. The number of aryl methyl sites for hydroxylation is 1. The van der Waals surface area contributed by atoms with Crippen LogP contribution in [0.15, 0.2) is 10.7 Å². The van der Waals surface area contributed by atoms with Gasteiger partial charge in [0.1, 0.15) is 6.54 Å². The average Bonchev–Trinajstić information content (AvgIpc) is 2.90. The minimum absolute atomic E-state index is 0.470. The quantitative estimate of drug-likeness (QED) is 0.799. The predicted molar refractivity (Wildman–Crippen MR) is 58.0 cm³/mol. The fourth-order valence-electron chi connectivity index (χ4n) is 1.58. The Morgan fingerprint density at radius 2 is 2.41 bits per heavy atom. The summed E-state index contributed by atoms with van der Waals surface area (Å²) in [6, 6.07) is 0.679. The van der Waals surface area contributed by atoms with Gasteiger partial charge in [-0.2, -0.15) is 4.98 Å². The average molecular weight is 234 g/mol. The highest BCUT2D eigenvalue weighted by Crippen LogP contribution is 2.18. The lowest BCUT2D eigenvalue weighted by atomic mass is 10.4. The number of hydrogen-bond donors (Lipinski definition) is 1. The van der Waals surface area contributed by atoms with Gasteiger partial charge in [0.15, 0.2) is 5.82 Å². The summed E-state index contributed by atoms with van der Waals surface area (Å²) in [5, 5.41) is 15.2. The first-order chi connectivity index (χ1) is 8.29. The molecule has 17 heavy (non-hydrogen) atoms. The Morgan fingerprint density at radius 3 is 3.12 bits per heavy atom. The SMILES string of the molecule is Cc1noc(Cn2cc(CNC3CC3)nn2)n1. The molecule has 2 aromatic heterocycles. The summed E-state index contributed by atoms with van der Waals surface area (Å²) >= 11 is 0. The van der Waals surface area contributed by atoms with Gasteiger partial charge < -0.3 is 9.84 Å². The maximum atomic E-state index is 5.02. The van der Waals surface area contributed by atoms with Crippen molar-refractivity contribution in [3.63, 3.8) is 0 Å². The molecule has 0 amide bonds. The molecular formula is C10H14N6O. The Hall–Kier alpha value is -1.76. The van der Waals surface area contributed by atoms with E-state index in [9.17, 15) is 0 Å². The lowest BCUT2D eigenvalue weighted by Gasteiger charge is -1.96. The molecule has 0 bridgehead atoms. The third-order valence-corrected chi connectivity index (χ3v) is 2.60. The van der Waals surface area contributed by atoms with Gasteiger partial charge in [0.2, 0.25) is 5.89 Å². The van der Waals surface area contributed by atoms with Crippen LogP contribution in [-0.4, -0.2) is 31.2 Å². The predicted octanol–water partition coefficient (Wildman–Crippen LogP) is 0.270. The number of aromatic nitrogens is 5. The van der Waals surface area contributed by atoms with E-state index in [1.807, 2.05) is 6.20 Å². The zero-order chi connectivity index (χ0) is 11.7. The van der Waals surface area contributed by atoms with Gasteiger partial charge in [0.25, 0.3) is 0 Å². The molecule has 7 nitrogen and oxygen atoms in total. The van der Waals surface area contributed by atoms with E-state index in [0.717, 1.165) is 12.2 Å². The minimum Gasteiger partial charge on any atom is -0.337 e. The number of nitrogens with one attached hydrogen (secondary N) is 1. The van der Waals surface area contributed by atoms with Crippen LogP contribution in [0.3, 0.4) is 0 Å². The normalized spacial score (nSPS) is 15.4. The van der Waals surface area contributed by atoms with Crippen LogP contribution in [0.4, 0.5) is 0 Å². The van der Waals surface area contributed by atoms with Gasteiger partial charge in [-0.05, 0) is 19.8 Å². The highest BCUT2D eigenvalue weighted by atomic mass is 16.5. The summed E-state index contributed by atoms with van der Waals surface area (Å²) in [6.07, 6.45) is 4.44. The lowest BCUT2D eigenvalue weighted by molar-refractivity contribution is 0.361. The standard InChI is InChI=1S/C10H14N6O/c1-7-12-10(17-14-7)6-16-5-9(13-15-16)4-11-8-2-3-8/h5,8,11H,2-4,6H2,1H3. The van der Waals surface area contributed by atoms with Crippen LogP contribution in [-0.2, 0) is 13.1 Å². The minimum atomic E-state index is 0.470. The molecule has 1 aliphatic carbocycles. The van der Waals surface area contributed by atoms with Crippen molar-refractivity contribution in [3.8, 4) is 0 Å². The fourth-order valence-corrected chi connectivity index (χ4v) is 1.58. The van der Waals surface area contributed by atoms with E-state index in [1.54, 1.807) is 11.6 Å². The van der Waals surface area contributed by atoms with E-state index in [4.69, 9.17) is 4.52 Å². The van der Waals surface area contributed by atoms with E-state index >= 15 is 0 Å². The summed E-state index contributed by atoms with van der Waals surface area (Å²) in [6.45, 7) is 3.03. The number of hydrogen-bond acceptors (Lipinski definition) is 6. The van der Waals surface area contributed by atoms with Crippen molar-refractivity contribution in [2.45, 2.75) is 38.9 Å². The van der Waals surface area contributed by atoms with Gasteiger partial charge in [-0.15, -0.1) is 5.10 Å². The monoisotopic (exact) mass is 234 g/mol. The second-order valence-corrected chi connectivity index (χ2v) is 4.30. The van der Waals surface area contributed by atoms with Crippen LogP contribution in [0.25, 0.3) is 0 Å². The molecule has 0 aliphatic heterocycles. The first-order valence-corrected chi connectivity index (χ1v) is 5.71. The molecule has 2 heterocycles. The zero-order valence-electron chi connectivity index (χ0n) is 9.63. The number of nitrogens with zero attached hydrogens (tertiary/aromatic N) is 5. The van der Waals surface area contributed by atoms with Crippen molar-refractivity contribution in [1.82, 2.24) is 30.5 Å². The Labute approximate surface area is 98.2 Å². The molecule has 0 atom stereocenters. The molecule has 1 saturated carbocycles. The molecule has 1 aliphatic rings. The third-order valence-electron chi connectivity index (χ3n) is 2.60. The van der Waals surface area contributed by atoms with Crippen LogP contribution in [0.2, 0.25) is 0 Å². The van der Waals surface area contributed by atoms with E-state index in [1.165, 1.54) is 12.8 Å². The van der Waals surface area contributed by atoms with Crippen LogP contribution >= 0.6 is 0 Å². The second kappa shape index (κ2) is 4.25. The lowest BCUT2D eigenvalue weighted by Crippen LogP contribution is -2.15. The maximum absolute atomic E-state index is 5.02. The molecule has 0 aromatic carbocycles. The van der Waals surface area contributed by atoms with Crippen LogP contribution in [0.1, 0.15) is 30.3 Å². The van der Waals surface area contributed by atoms with Crippen molar-refractivity contribution in [1.29, 1.82) is 0 Å². The van der Waals surface area contributed by atoms with E-state index < -0.39 is 0 Å². The molecule has 3 rings (SSSR count). The van der Waals surface area contributed by atoms with E-state index in [-0.39, 0.29) is 0 Å². The van der Waals surface area contributed by atoms with Gasteiger partial charge >= 0.3 is 0 Å². The molecule has 1 N–H and O–H groups in total. The van der Waals surface area contributed by atoms with Gasteiger partial charge in [0.05, 0.1) is 11.9 Å². The van der Waals surface area contributed by atoms with Crippen LogP contribution in [0.5, 0.6) is 0 Å². The smallest absolute Gasteiger partial charge is 0.248 e. The summed E-state index contributed by atoms with van der Waals surface area (Å²) < 4.78 is 6.73. The fraction of sp³-hybridized carbons (Fsp3) is 0.600. The van der Waals surface area contributed by atoms with Gasteiger partial charge in [-0.3, -0.25) is 0 Å². The molecule has 2 aromatic rings. The molecule has 0 spiro atoms. The summed E-state index contributed by atoms with van der Waals surface area (Å²) in [7, 11) is 0. The van der Waals surface area contributed by atoms with Gasteiger partial charge in [-0.25, -0.2) is 4.68 Å². The largest absolute Gasteiger partial charge is 0.337 e. The first kappa shape index (κ1) is 10.4. The molecule has 0 unspecified atom stereocenters. The number of rotatable bonds is 5. The Bertz CT molecular complexity index is 500. The molecule has 90 valence electrons. The molecular weight excluding hydrogens is 220 g/mol. The van der Waals surface area contributed by atoms with Crippen molar-refractivity contribution in [3.05, 3.63) is 23.6 Å². The zero-order valence-corrected chi connectivity index (χ0v) is 9.63. The Kier molecular flexibility index (Phi) is 2.60. The summed E-state index contributed by atoms with van der Waals surface area (Å²) in [4.78, 5) is 4.12. The Balaban J connectivity index is 1.59. The van der Waals surface area contributed by atoms with E-state index in [2.05, 4.69) is 25.8 Å². The van der Waals surface area contributed by atoms with Crippen molar-refractivity contribution in [2.75, 3.05) is 0 Å². The van der Waals surface area contributed by atoms with Crippen molar-refractivity contribution in [2.24, 2.45) is 0 Å². The molecule has 1 fully saturated rings. The summed E-state index contributed by atoms with van der Waals surface area (Å²) in [5.41, 5.74) is 0.938. The van der Waals surface area contributed by atoms with E-state index in [0.29, 0.717) is 24.3 Å². The summed E-state index contributed by atoms with van der Waals surface area (Å²) in [5.74, 6) is 1.19. The molecule has 0 saturated heterocycles. The Morgan fingerprint density at radius 1 is 1.53 bits per heavy atom. The maximum Gasteiger partial charge on any atom is 0.248 e. The molecule has 7 heteroatoms. The van der Waals surface area contributed by atoms with Crippen molar-refractivity contribution < 1.29 is 4.52 Å².